The summed E-state index contributed by atoms with van der Waals surface area (Å²) in [6.07, 6.45) is 1.66. The van der Waals surface area contributed by atoms with Crippen LogP contribution in [-0.4, -0.2) is 18.7 Å². The molecule has 0 aliphatic rings. The van der Waals surface area contributed by atoms with Gasteiger partial charge in [-0.05, 0) is 41.6 Å². The van der Waals surface area contributed by atoms with Crippen LogP contribution in [0.15, 0.2) is 77.2 Å². The summed E-state index contributed by atoms with van der Waals surface area (Å²) in [5.74, 6) is -0.187. The molecule has 0 radical (unpaired) electrons. The minimum Gasteiger partial charge on any atom is -0.367 e. The third kappa shape index (κ3) is 4.80. The zero-order chi connectivity index (χ0) is 18.2. The molecule has 1 amide bonds. The molecule has 0 unspecified atom stereocenters. The molecule has 3 aromatic rings. The first kappa shape index (κ1) is 17.9. The Morgan fingerprint density at radius 1 is 1.08 bits per heavy atom. The number of hydrogen-bond acceptors (Lipinski definition) is 4. The van der Waals surface area contributed by atoms with Crippen molar-refractivity contribution in [2.75, 3.05) is 11.4 Å². The Labute approximate surface area is 157 Å². The van der Waals surface area contributed by atoms with Crippen LogP contribution in [-0.2, 0) is 6.54 Å². The van der Waals surface area contributed by atoms with Gasteiger partial charge in [0.1, 0.15) is 0 Å². The van der Waals surface area contributed by atoms with E-state index >= 15 is 0 Å². The van der Waals surface area contributed by atoms with Crippen LogP contribution in [0.1, 0.15) is 27.7 Å². The van der Waals surface area contributed by atoms with E-state index in [0.717, 1.165) is 24.3 Å². The van der Waals surface area contributed by atoms with Gasteiger partial charge in [-0.2, -0.15) is 5.10 Å². The summed E-state index contributed by atoms with van der Waals surface area (Å²) in [5, 5.41) is 5.90. The average molecular weight is 363 g/mol. The lowest BCUT2D eigenvalue weighted by Gasteiger charge is -2.23. The highest BCUT2D eigenvalue weighted by Crippen LogP contribution is 2.17. The Hall–Kier alpha value is -2.92. The van der Waals surface area contributed by atoms with E-state index < -0.39 is 0 Å². The Balaban J connectivity index is 1.60. The zero-order valence-electron chi connectivity index (χ0n) is 14.6. The summed E-state index contributed by atoms with van der Waals surface area (Å²) < 4.78 is 0. The number of rotatable bonds is 7. The number of thiophene rings is 1. The van der Waals surface area contributed by atoms with E-state index in [2.05, 4.69) is 58.7 Å². The smallest absolute Gasteiger partial charge is 0.281 e. The molecule has 2 aromatic carbocycles. The highest BCUT2D eigenvalue weighted by atomic mass is 32.1. The van der Waals surface area contributed by atoms with Gasteiger partial charge in [0.25, 0.3) is 5.91 Å². The van der Waals surface area contributed by atoms with E-state index in [1.807, 2.05) is 29.6 Å². The van der Waals surface area contributed by atoms with Gasteiger partial charge in [0, 0.05) is 18.8 Å². The molecule has 0 aliphatic carbocycles. The van der Waals surface area contributed by atoms with Crippen LogP contribution in [0.4, 0.5) is 5.69 Å². The van der Waals surface area contributed by atoms with Crippen LogP contribution in [0.2, 0.25) is 0 Å². The summed E-state index contributed by atoms with van der Waals surface area (Å²) in [7, 11) is 0. The van der Waals surface area contributed by atoms with Gasteiger partial charge in [-0.1, -0.05) is 48.5 Å². The molecule has 1 heterocycles. The van der Waals surface area contributed by atoms with E-state index in [1.54, 1.807) is 12.3 Å². The number of nitrogens with zero attached hydrogens (tertiary/aromatic N) is 2. The third-order valence-electron chi connectivity index (χ3n) is 3.98. The minimum absolute atomic E-state index is 0.187. The molecule has 0 atom stereocenters. The second-order valence-corrected chi connectivity index (χ2v) is 6.72. The number of hydrogen-bond donors (Lipinski definition) is 1. The van der Waals surface area contributed by atoms with Gasteiger partial charge in [-0.25, -0.2) is 5.43 Å². The van der Waals surface area contributed by atoms with Crippen LogP contribution in [0.5, 0.6) is 0 Å². The van der Waals surface area contributed by atoms with E-state index in [4.69, 9.17) is 0 Å². The number of benzene rings is 2. The fourth-order valence-electron chi connectivity index (χ4n) is 2.59. The maximum Gasteiger partial charge on any atom is 0.281 e. The molecule has 5 heteroatoms. The maximum absolute atomic E-state index is 11.8. The number of carbonyl (C=O) groups excluding carboxylic acids is 1. The topological polar surface area (TPSA) is 44.7 Å². The van der Waals surface area contributed by atoms with Crippen LogP contribution in [0.25, 0.3) is 0 Å². The molecule has 0 bridgehead atoms. The molecular formula is C21H21N3OS. The SMILES string of the molecule is CCN(Cc1ccccc1)c1ccc(C=NNC(=O)c2cccs2)cc1. The van der Waals surface area contributed by atoms with Gasteiger partial charge in [0.05, 0.1) is 11.1 Å². The van der Waals surface area contributed by atoms with E-state index in [9.17, 15) is 4.79 Å². The zero-order valence-corrected chi connectivity index (χ0v) is 15.4. The Bertz CT molecular complexity index is 843. The number of carbonyl (C=O) groups is 1. The Morgan fingerprint density at radius 3 is 2.50 bits per heavy atom. The highest BCUT2D eigenvalue weighted by Gasteiger charge is 2.06. The Morgan fingerprint density at radius 2 is 1.85 bits per heavy atom. The van der Waals surface area contributed by atoms with Crippen molar-refractivity contribution in [2.24, 2.45) is 5.10 Å². The van der Waals surface area contributed by atoms with Crippen LogP contribution in [0.3, 0.4) is 0 Å². The van der Waals surface area contributed by atoms with Crippen molar-refractivity contribution in [1.29, 1.82) is 0 Å². The molecule has 1 aromatic heterocycles. The number of nitrogens with one attached hydrogen (secondary N) is 1. The van der Waals surface area contributed by atoms with Gasteiger partial charge >= 0.3 is 0 Å². The molecule has 0 saturated carbocycles. The largest absolute Gasteiger partial charge is 0.367 e. The van der Waals surface area contributed by atoms with E-state index in [1.165, 1.54) is 16.9 Å². The average Bonchev–Trinajstić information content (AvgIpc) is 3.22. The van der Waals surface area contributed by atoms with Gasteiger partial charge in [0.2, 0.25) is 0 Å². The predicted molar refractivity (Wildman–Crippen MR) is 109 cm³/mol. The number of hydrazone groups is 1. The number of anilines is 1. The van der Waals surface area contributed by atoms with E-state index in [-0.39, 0.29) is 5.91 Å². The van der Waals surface area contributed by atoms with Crippen LogP contribution >= 0.6 is 11.3 Å². The lowest BCUT2D eigenvalue weighted by Crippen LogP contribution is -2.21. The Kier molecular flexibility index (Phi) is 6.17. The first-order valence-electron chi connectivity index (χ1n) is 8.52. The molecule has 0 fully saturated rings. The van der Waals surface area contributed by atoms with Gasteiger partial charge in [-0.15, -0.1) is 11.3 Å². The van der Waals surface area contributed by atoms with Crippen molar-refractivity contribution in [1.82, 2.24) is 5.43 Å². The van der Waals surface area contributed by atoms with Crippen molar-refractivity contribution in [2.45, 2.75) is 13.5 Å². The summed E-state index contributed by atoms with van der Waals surface area (Å²) in [6.45, 7) is 3.96. The molecule has 26 heavy (non-hydrogen) atoms. The first-order chi connectivity index (χ1) is 12.8. The van der Waals surface area contributed by atoms with E-state index in [0.29, 0.717) is 4.88 Å². The quantitative estimate of drug-likeness (QED) is 0.495. The molecule has 132 valence electrons. The molecule has 1 N–H and O–H groups in total. The molecule has 0 aliphatic heterocycles. The summed E-state index contributed by atoms with van der Waals surface area (Å²) in [4.78, 5) is 14.8. The maximum atomic E-state index is 11.8. The predicted octanol–water partition coefficient (Wildman–Crippen LogP) is 4.54. The molecule has 0 saturated heterocycles. The third-order valence-corrected chi connectivity index (χ3v) is 4.85. The van der Waals surface area contributed by atoms with Crippen molar-refractivity contribution >= 4 is 29.1 Å². The molecular weight excluding hydrogens is 342 g/mol. The lowest BCUT2D eigenvalue weighted by molar-refractivity contribution is 0.0959. The monoisotopic (exact) mass is 363 g/mol. The van der Waals surface area contributed by atoms with Crippen molar-refractivity contribution in [3.63, 3.8) is 0 Å². The molecule has 4 nitrogen and oxygen atoms in total. The molecule has 3 rings (SSSR count). The van der Waals surface area contributed by atoms with Gasteiger partial charge < -0.3 is 4.90 Å². The lowest BCUT2D eigenvalue weighted by atomic mass is 10.1. The second-order valence-electron chi connectivity index (χ2n) is 5.77. The molecule has 0 spiro atoms. The van der Waals surface area contributed by atoms with Crippen molar-refractivity contribution in [3.8, 4) is 0 Å². The summed E-state index contributed by atoms with van der Waals surface area (Å²) in [5.41, 5.74) is 5.94. The normalized spacial score (nSPS) is 10.8. The van der Waals surface area contributed by atoms with Crippen molar-refractivity contribution < 1.29 is 4.79 Å². The standard InChI is InChI=1S/C21H21N3OS/c1-2-24(16-18-7-4-3-5-8-18)19-12-10-17(11-13-19)15-22-23-21(25)20-9-6-14-26-20/h3-15H,2,16H2,1H3,(H,23,25). The fraction of sp³-hybridized carbons (Fsp3) is 0.143. The van der Waals surface area contributed by atoms with Crippen molar-refractivity contribution in [3.05, 3.63) is 88.1 Å². The van der Waals surface area contributed by atoms with Gasteiger partial charge in [0.15, 0.2) is 0 Å². The summed E-state index contributed by atoms with van der Waals surface area (Å²) in [6, 6.07) is 22.2. The highest BCUT2D eigenvalue weighted by molar-refractivity contribution is 7.12. The second kappa shape index (κ2) is 8.97. The number of amides is 1. The first-order valence-corrected chi connectivity index (χ1v) is 9.40. The fourth-order valence-corrected chi connectivity index (χ4v) is 3.20. The summed E-state index contributed by atoms with van der Waals surface area (Å²) >= 11 is 1.39. The minimum atomic E-state index is -0.187. The van der Waals surface area contributed by atoms with Crippen LogP contribution in [0, 0.1) is 0 Å². The van der Waals surface area contributed by atoms with Crippen LogP contribution < -0.4 is 10.3 Å². The van der Waals surface area contributed by atoms with Gasteiger partial charge in [-0.3, -0.25) is 4.79 Å².